The van der Waals surface area contributed by atoms with Crippen LogP contribution in [0, 0.1) is 0 Å². The van der Waals surface area contributed by atoms with Crippen LogP contribution in [0.4, 0.5) is 0 Å². The van der Waals surface area contributed by atoms with Crippen LogP contribution in [-0.2, 0) is 0 Å². The first-order valence-electron chi connectivity index (χ1n) is 4.65. The van der Waals surface area contributed by atoms with Gasteiger partial charge in [-0.3, -0.25) is 4.98 Å². The summed E-state index contributed by atoms with van der Waals surface area (Å²) in [7, 11) is 5.58. The third-order valence-electron chi connectivity index (χ3n) is 2.17. The van der Waals surface area contributed by atoms with E-state index in [4.69, 9.17) is 7.85 Å². The number of hydrogen-bond acceptors (Lipinski definition) is 2. The van der Waals surface area contributed by atoms with E-state index < -0.39 is 0 Å². The van der Waals surface area contributed by atoms with Crippen LogP contribution in [0.3, 0.4) is 0 Å². The molecule has 0 amide bonds. The Morgan fingerprint density at radius 2 is 1.80 bits per heavy atom. The summed E-state index contributed by atoms with van der Waals surface area (Å²) < 4.78 is 0. The number of rotatable bonds is 2. The molecule has 0 aliphatic heterocycles. The van der Waals surface area contributed by atoms with Crippen molar-refractivity contribution in [3.8, 4) is 11.3 Å². The SMILES string of the molecule is [B]c1ccc(-c2ccc(SC)cc2)nc1. The van der Waals surface area contributed by atoms with Crippen molar-refractivity contribution in [3.05, 3.63) is 42.6 Å². The molecule has 0 saturated carbocycles. The quantitative estimate of drug-likeness (QED) is 0.558. The van der Waals surface area contributed by atoms with Gasteiger partial charge in [-0.25, -0.2) is 0 Å². The number of benzene rings is 1. The van der Waals surface area contributed by atoms with Gasteiger partial charge in [0.15, 0.2) is 0 Å². The van der Waals surface area contributed by atoms with Gasteiger partial charge >= 0.3 is 0 Å². The monoisotopic (exact) mass is 211 g/mol. The van der Waals surface area contributed by atoms with E-state index in [0.717, 1.165) is 11.3 Å². The Hall–Kier alpha value is -1.22. The average Bonchev–Trinajstić information content (AvgIpc) is 2.30. The van der Waals surface area contributed by atoms with Crippen molar-refractivity contribution in [1.82, 2.24) is 4.98 Å². The number of nitrogens with zero attached hydrogens (tertiary/aromatic N) is 1. The molecule has 0 aliphatic rings. The second-order valence-electron chi connectivity index (χ2n) is 3.21. The fourth-order valence-corrected chi connectivity index (χ4v) is 1.75. The summed E-state index contributed by atoms with van der Waals surface area (Å²) >= 11 is 1.73. The van der Waals surface area contributed by atoms with Crippen LogP contribution >= 0.6 is 11.8 Å². The van der Waals surface area contributed by atoms with Crippen LogP contribution in [0.1, 0.15) is 0 Å². The van der Waals surface area contributed by atoms with Crippen molar-refractivity contribution in [1.29, 1.82) is 0 Å². The lowest BCUT2D eigenvalue weighted by Gasteiger charge is -2.02. The Labute approximate surface area is 95.3 Å². The van der Waals surface area contributed by atoms with Crippen molar-refractivity contribution >= 4 is 25.1 Å². The standard InChI is InChI=1S/C12H10BNS/c1-15-11-5-2-9(3-6-11)12-7-4-10(13)8-14-12/h2-8H,1H3. The summed E-state index contributed by atoms with van der Waals surface area (Å²) in [5.41, 5.74) is 2.77. The summed E-state index contributed by atoms with van der Waals surface area (Å²) in [6.45, 7) is 0. The average molecular weight is 211 g/mol. The minimum Gasteiger partial charge on any atom is -0.257 e. The van der Waals surface area contributed by atoms with Gasteiger partial charge in [0.2, 0.25) is 0 Å². The van der Waals surface area contributed by atoms with E-state index in [0.29, 0.717) is 5.46 Å². The molecule has 0 fully saturated rings. The zero-order valence-electron chi connectivity index (χ0n) is 8.47. The van der Waals surface area contributed by atoms with Crippen LogP contribution < -0.4 is 5.46 Å². The zero-order chi connectivity index (χ0) is 10.7. The van der Waals surface area contributed by atoms with Crippen molar-refractivity contribution in [2.24, 2.45) is 0 Å². The molecule has 1 aromatic carbocycles. The predicted molar refractivity (Wildman–Crippen MR) is 66.8 cm³/mol. The van der Waals surface area contributed by atoms with Gasteiger partial charge in [0, 0.05) is 16.7 Å². The Morgan fingerprint density at radius 3 is 2.33 bits per heavy atom. The summed E-state index contributed by atoms with van der Waals surface area (Å²) in [6, 6.07) is 12.1. The highest BCUT2D eigenvalue weighted by molar-refractivity contribution is 7.98. The Morgan fingerprint density at radius 1 is 1.07 bits per heavy atom. The Bertz CT molecular complexity index is 436. The molecule has 0 aliphatic carbocycles. The third kappa shape index (κ3) is 2.42. The third-order valence-corrected chi connectivity index (χ3v) is 2.92. The topological polar surface area (TPSA) is 12.9 Å². The van der Waals surface area contributed by atoms with Crippen LogP contribution in [0.25, 0.3) is 11.3 Å². The first kappa shape index (κ1) is 10.3. The molecule has 1 heterocycles. The number of hydrogen-bond donors (Lipinski definition) is 0. The molecule has 1 nitrogen and oxygen atoms in total. The minimum atomic E-state index is 0.694. The fraction of sp³-hybridized carbons (Fsp3) is 0.0833. The molecule has 0 N–H and O–H groups in total. The molecule has 3 heteroatoms. The molecule has 15 heavy (non-hydrogen) atoms. The van der Waals surface area contributed by atoms with Crippen molar-refractivity contribution < 1.29 is 0 Å². The van der Waals surface area contributed by atoms with Gasteiger partial charge in [-0.1, -0.05) is 23.7 Å². The van der Waals surface area contributed by atoms with E-state index >= 15 is 0 Å². The van der Waals surface area contributed by atoms with Gasteiger partial charge in [-0.15, -0.1) is 11.8 Å². The van der Waals surface area contributed by atoms with Crippen LogP contribution in [-0.4, -0.2) is 19.1 Å². The van der Waals surface area contributed by atoms with Gasteiger partial charge in [0.1, 0.15) is 7.85 Å². The first-order chi connectivity index (χ1) is 7.29. The van der Waals surface area contributed by atoms with Gasteiger partial charge in [-0.2, -0.15) is 0 Å². The van der Waals surface area contributed by atoms with Crippen LogP contribution in [0.15, 0.2) is 47.5 Å². The smallest absolute Gasteiger partial charge is 0.115 e. The van der Waals surface area contributed by atoms with Crippen LogP contribution in [0.5, 0.6) is 0 Å². The van der Waals surface area contributed by atoms with Gasteiger partial charge in [0.05, 0.1) is 5.69 Å². The van der Waals surface area contributed by atoms with Crippen molar-refractivity contribution in [3.63, 3.8) is 0 Å². The summed E-state index contributed by atoms with van der Waals surface area (Å²) in [5, 5.41) is 0. The second-order valence-corrected chi connectivity index (χ2v) is 4.08. The highest BCUT2D eigenvalue weighted by Gasteiger charge is 1.98. The van der Waals surface area contributed by atoms with Gasteiger partial charge in [-0.05, 0) is 24.5 Å². The molecular weight excluding hydrogens is 201 g/mol. The molecule has 0 unspecified atom stereocenters. The van der Waals surface area contributed by atoms with E-state index in [1.54, 1.807) is 18.0 Å². The van der Waals surface area contributed by atoms with Gasteiger partial charge in [0.25, 0.3) is 0 Å². The summed E-state index contributed by atoms with van der Waals surface area (Å²) in [6.07, 6.45) is 3.74. The molecule has 0 atom stereocenters. The molecule has 0 saturated heterocycles. The molecule has 72 valence electrons. The Balaban J connectivity index is 2.33. The lowest BCUT2D eigenvalue weighted by molar-refractivity contribution is 1.33. The Kier molecular flexibility index (Phi) is 3.12. The molecular formula is C12H10BNS. The number of pyridine rings is 1. The van der Waals surface area contributed by atoms with E-state index in [2.05, 4.69) is 35.5 Å². The zero-order valence-corrected chi connectivity index (χ0v) is 9.29. The maximum absolute atomic E-state index is 5.58. The highest BCUT2D eigenvalue weighted by atomic mass is 32.2. The molecule has 2 radical (unpaired) electrons. The van der Waals surface area contributed by atoms with E-state index in [1.165, 1.54) is 4.90 Å². The van der Waals surface area contributed by atoms with E-state index in [-0.39, 0.29) is 0 Å². The number of aromatic nitrogens is 1. The molecule has 0 spiro atoms. The van der Waals surface area contributed by atoms with E-state index in [1.807, 2.05) is 12.1 Å². The maximum Gasteiger partial charge on any atom is 0.115 e. The van der Waals surface area contributed by atoms with Crippen molar-refractivity contribution in [2.75, 3.05) is 6.26 Å². The van der Waals surface area contributed by atoms with E-state index in [9.17, 15) is 0 Å². The minimum absolute atomic E-state index is 0.694. The molecule has 2 aromatic rings. The summed E-state index contributed by atoms with van der Waals surface area (Å²) in [5.74, 6) is 0. The normalized spacial score (nSPS) is 10.2. The van der Waals surface area contributed by atoms with Crippen molar-refractivity contribution in [2.45, 2.75) is 4.90 Å². The predicted octanol–water partition coefficient (Wildman–Crippen LogP) is 2.26. The lowest BCUT2D eigenvalue weighted by atomic mass is 9.98. The fourth-order valence-electron chi connectivity index (χ4n) is 1.34. The lowest BCUT2D eigenvalue weighted by Crippen LogP contribution is -2.01. The molecule has 1 aromatic heterocycles. The first-order valence-corrected chi connectivity index (χ1v) is 5.88. The van der Waals surface area contributed by atoms with Gasteiger partial charge < -0.3 is 0 Å². The maximum atomic E-state index is 5.58. The van der Waals surface area contributed by atoms with Crippen LogP contribution in [0.2, 0.25) is 0 Å². The number of thioether (sulfide) groups is 1. The highest BCUT2D eigenvalue weighted by Crippen LogP contribution is 2.20. The largest absolute Gasteiger partial charge is 0.257 e. The summed E-state index contributed by atoms with van der Waals surface area (Å²) in [4.78, 5) is 5.53. The molecule has 0 bridgehead atoms. The molecule has 2 rings (SSSR count). The second kappa shape index (κ2) is 4.54.